The van der Waals surface area contributed by atoms with Gasteiger partial charge < -0.3 is 9.64 Å². The van der Waals surface area contributed by atoms with Crippen molar-refractivity contribution in [3.05, 3.63) is 41.1 Å². The molecule has 3 rings (SSSR count). The van der Waals surface area contributed by atoms with Crippen molar-refractivity contribution in [2.45, 2.75) is 6.42 Å². The lowest BCUT2D eigenvalue weighted by Gasteiger charge is -2.29. The van der Waals surface area contributed by atoms with E-state index in [0.717, 1.165) is 32.7 Å². The highest BCUT2D eigenvalue weighted by Gasteiger charge is 2.19. The molecule has 1 aliphatic carbocycles. The van der Waals surface area contributed by atoms with Crippen LogP contribution in [0.2, 0.25) is 0 Å². The Hall–Kier alpha value is -1.28. The predicted molar refractivity (Wildman–Crippen MR) is 60.5 cm³/mol. The maximum atomic E-state index is 5.37. The molecular formula is C13H15NO. The summed E-state index contributed by atoms with van der Waals surface area (Å²) in [6, 6.07) is 8.65. The predicted octanol–water partition coefficient (Wildman–Crippen LogP) is 1.92. The monoisotopic (exact) mass is 201 g/mol. The lowest BCUT2D eigenvalue weighted by Crippen LogP contribution is -2.35. The van der Waals surface area contributed by atoms with Crippen molar-refractivity contribution in [1.29, 1.82) is 0 Å². The van der Waals surface area contributed by atoms with Crippen molar-refractivity contribution in [3.63, 3.8) is 0 Å². The number of nitrogens with zero attached hydrogens (tertiary/aromatic N) is 1. The van der Waals surface area contributed by atoms with Gasteiger partial charge in [0.25, 0.3) is 0 Å². The normalized spacial score (nSPS) is 20.0. The van der Waals surface area contributed by atoms with Crippen molar-refractivity contribution in [2.75, 3.05) is 26.3 Å². The highest BCUT2D eigenvalue weighted by molar-refractivity contribution is 5.63. The molecule has 0 unspecified atom stereocenters. The molecule has 15 heavy (non-hydrogen) atoms. The van der Waals surface area contributed by atoms with Crippen LogP contribution in [0.15, 0.2) is 30.0 Å². The summed E-state index contributed by atoms with van der Waals surface area (Å²) in [5.41, 5.74) is 4.30. The summed E-state index contributed by atoms with van der Waals surface area (Å²) >= 11 is 0. The molecule has 1 aromatic rings. The Balaban J connectivity index is 1.81. The molecular weight excluding hydrogens is 186 g/mol. The second kappa shape index (κ2) is 3.70. The van der Waals surface area contributed by atoms with E-state index in [-0.39, 0.29) is 0 Å². The van der Waals surface area contributed by atoms with Crippen LogP contribution in [0, 0.1) is 0 Å². The minimum Gasteiger partial charge on any atom is -0.378 e. The molecule has 2 aliphatic rings. The van der Waals surface area contributed by atoms with Gasteiger partial charge >= 0.3 is 0 Å². The Morgan fingerprint density at radius 3 is 2.67 bits per heavy atom. The number of allylic oxidation sites excluding steroid dienone is 1. The first-order chi connectivity index (χ1) is 7.43. The minimum atomic E-state index is 0.869. The second-order valence-electron chi connectivity index (χ2n) is 4.11. The van der Waals surface area contributed by atoms with Crippen LogP contribution < -0.4 is 0 Å². The number of hydrogen-bond acceptors (Lipinski definition) is 2. The molecule has 0 radical (unpaired) electrons. The third-order valence-corrected chi connectivity index (χ3v) is 3.17. The van der Waals surface area contributed by atoms with Crippen LogP contribution in [0.1, 0.15) is 11.1 Å². The molecule has 1 heterocycles. The quantitative estimate of drug-likeness (QED) is 0.688. The SMILES string of the molecule is C1=C(N2CCOCC2)Cc2ccccc21. The summed E-state index contributed by atoms with van der Waals surface area (Å²) in [5.74, 6) is 0. The van der Waals surface area contributed by atoms with E-state index < -0.39 is 0 Å². The van der Waals surface area contributed by atoms with Crippen LogP contribution in [-0.2, 0) is 11.2 Å². The van der Waals surface area contributed by atoms with Crippen molar-refractivity contribution in [3.8, 4) is 0 Å². The van der Waals surface area contributed by atoms with E-state index >= 15 is 0 Å². The molecule has 0 amide bonds. The molecule has 1 fully saturated rings. The molecule has 1 aromatic carbocycles. The molecule has 1 aliphatic heterocycles. The van der Waals surface area contributed by atoms with Crippen LogP contribution in [-0.4, -0.2) is 31.2 Å². The first-order valence-corrected chi connectivity index (χ1v) is 5.55. The molecule has 0 atom stereocenters. The fourth-order valence-corrected chi connectivity index (χ4v) is 2.32. The van der Waals surface area contributed by atoms with Crippen LogP contribution in [0.4, 0.5) is 0 Å². The summed E-state index contributed by atoms with van der Waals surface area (Å²) in [7, 11) is 0. The summed E-state index contributed by atoms with van der Waals surface area (Å²) in [5, 5.41) is 0. The molecule has 1 saturated heterocycles. The van der Waals surface area contributed by atoms with Crippen LogP contribution >= 0.6 is 0 Å². The zero-order chi connectivity index (χ0) is 10.1. The largest absolute Gasteiger partial charge is 0.378 e. The van der Waals surface area contributed by atoms with Gasteiger partial charge in [-0.1, -0.05) is 24.3 Å². The van der Waals surface area contributed by atoms with Gasteiger partial charge in [-0.05, 0) is 17.2 Å². The maximum Gasteiger partial charge on any atom is 0.0642 e. The first-order valence-electron chi connectivity index (χ1n) is 5.55. The van der Waals surface area contributed by atoms with E-state index in [9.17, 15) is 0 Å². The summed E-state index contributed by atoms with van der Waals surface area (Å²) in [6.07, 6.45) is 3.41. The zero-order valence-corrected chi connectivity index (χ0v) is 8.78. The molecule has 0 bridgehead atoms. The van der Waals surface area contributed by atoms with E-state index in [1.165, 1.54) is 16.8 Å². The van der Waals surface area contributed by atoms with Crippen LogP contribution in [0.25, 0.3) is 6.08 Å². The molecule has 2 heteroatoms. The van der Waals surface area contributed by atoms with Gasteiger partial charge in [0.05, 0.1) is 13.2 Å². The highest BCUT2D eigenvalue weighted by atomic mass is 16.5. The molecule has 0 saturated carbocycles. The highest BCUT2D eigenvalue weighted by Crippen LogP contribution is 2.27. The fraction of sp³-hybridized carbons (Fsp3) is 0.385. The number of ether oxygens (including phenoxy) is 1. The second-order valence-corrected chi connectivity index (χ2v) is 4.11. The van der Waals surface area contributed by atoms with Crippen molar-refractivity contribution in [1.82, 2.24) is 4.90 Å². The smallest absolute Gasteiger partial charge is 0.0642 e. The molecule has 0 N–H and O–H groups in total. The van der Waals surface area contributed by atoms with E-state index in [2.05, 4.69) is 35.2 Å². The van der Waals surface area contributed by atoms with E-state index in [1.54, 1.807) is 0 Å². The third kappa shape index (κ3) is 1.65. The molecule has 0 aromatic heterocycles. The molecule has 2 nitrogen and oxygen atoms in total. The average molecular weight is 201 g/mol. The van der Waals surface area contributed by atoms with Gasteiger partial charge in [-0.15, -0.1) is 0 Å². The van der Waals surface area contributed by atoms with Crippen molar-refractivity contribution >= 4 is 6.08 Å². The Labute approximate surface area is 90.2 Å². The zero-order valence-electron chi connectivity index (χ0n) is 8.78. The van der Waals surface area contributed by atoms with Gasteiger partial charge in [0.1, 0.15) is 0 Å². The maximum absolute atomic E-state index is 5.37. The Kier molecular flexibility index (Phi) is 2.22. The van der Waals surface area contributed by atoms with Gasteiger partial charge in [-0.2, -0.15) is 0 Å². The summed E-state index contributed by atoms with van der Waals surface area (Å²) in [6.45, 7) is 3.82. The fourth-order valence-electron chi connectivity index (χ4n) is 2.32. The van der Waals surface area contributed by atoms with Gasteiger partial charge in [0.2, 0.25) is 0 Å². The third-order valence-electron chi connectivity index (χ3n) is 3.17. The number of fused-ring (bicyclic) bond motifs is 1. The number of morpholine rings is 1. The van der Waals surface area contributed by atoms with E-state index in [0.29, 0.717) is 0 Å². The Bertz CT molecular complexity index is 391. The van der Waals surface area contributed by atoms with Crippen molar-refractivity contribution < 1.29 is 4.74 Å². The van der Waals surface area contributed by atoms with Gasteiger partial charge in [-0.25, -0.2) is 0 Å². The Morgan fingerprint density at radius 1 is 1.07 bits per heavy atom. The summed E-state index contributed by atoms with van der Waals surface area (Å²) < 4.78 is 5.37. The van der Waals surface area contributed by atoms with Crippen LogP contribution in [0.3, 0.4) is 0 Å². The average Bonchev–Trinajstić information content (AvgIpc) is 2.74. The van der Waals surface area contributed by atoms with E-state index in [4.69, 9.17) is 4.74 Å². The number of rotatable bonds is 1. The first kappa shape index (κ1) is 8.98. The molecule has 0 spiro atoms. The van der Waals surface area contributed by atoms with E-state index in [1.807, 2.05) is 0 Å². The number of hydrogen-bond donors (Lipinski definition) is 0. The summed E-state index contributed by atoms with van der Waals surface area (Å²) in [4.78, 5) is 2.45. The van der Waals surface area contributed by atoms with Crippen LogP contribution in [0.5, 0.6) is 0 Å². The van der Waals surface area contributed by atoms with Gasteiger partial charge in [0, 0.05) is 25.2 Å². The van der Waals surface area contributed by atoms with Gasteiger partial charge in [0.15, 0.2) is 0 Å². The number of benzene rings is 1. The van der Waals surface area contributed by atoms with Crippen molar-refractivity contribution in [2.24, 2.45) is 0 Å². The standard InChI is InChI=1S/C13H15NO/c1-2-4-12-10-13(9-11(12)3-1)14-5-7-15-8-6-14/h1-4,9H,5-8,10H2. The Morgan fingerprint density at radius 2 is 1.87 bits per heavy atom. The topological polar surface area (TPSA) is 12.5 Å². The molecule has 78 valence electrons. The lowest BCUT2D eigenvalue weighted by atomic mass is 10.1. The van der Waals surface area contributed by atoms with Gasteiger partial charge in [-0.3, -0.25) is 0 Å². The minimum absolute atomic E-state index is 0.869. The lowest BCUT2D eigenvalue weighted by molar-refractivity contribution is 0.0534.